The van der Waals surface area contributed by atoms with Crippen molar-refractivity contribution in [2.24, 2.45) is 11.8 Å². The number of sulfonamides is 1. The Morgan fingerprint density at radius 1 is 1.26 bits per heavy atom. The Bertz CT molecular complexity index is 408. The van der Waals surface area contributed by atoms with Crippen molar-refractivity contribution < 1.29 is 17.9 Å². The molecule has 0 aromatic carbocycles. The molecule has 6 heteroatoms. The summed E-state index contributed by atoms with van der Waals surface area (Å²) in [4.78, 5) is 11.0. The summed E-state index contributed by atoms with van der Waals surface area (Å²) in [5.41, 5.74) is 0. The average molecular weight is 289 g/mol. The van der Waals surface area contributed by atoms with Crippen molar-refractivity contribution >= 4 is 16.0 Å². The Morgan fingerprint density at radius 3 is 2.47 bits per heavy atom. The summed E-state index contributed by atoms with van der Waals surface area (Å²) < 4.78 is 30.7. The van der Waals surface area contributed by atoms with Crippen molar-refractivity contribution in [1.82, 2.24) is 4.31 Å². The van der Waals surface area contributed by atoms with Crippen molar-refractivity contribution in [2.75, 3.05) is 26.0 Å². The zero-order chi connectivity index (χ0) is 13.9. The minimum absolute atomic E-state index is 0.0571. The molecule has 0 N–H and O–H groups in total. The number of carbonyl (C=O) groups excluding carboxylic acids is 1. The maximum atomic E-state index is 12.3. The van der Waals surface area contributed by atoms with E-state index in [1.54, 1.807) is 4.31 Å². The van der Waals surface area contributed by atoms with Crippen molar-refractivity contribution in [2.45, 2.75) is 38.5 Å². The lowest BCUT2D eigenvalue weighted by Crippen LogP contribution is -2.46. The second-order valence-electron chi connectivity index (χ2n) is 5.71. The summed E-state index contributed by atoms with van der Waals surface area (Å²) in [6.45, 7) is 1.36. The molecule has 5 nitrogen and oxygen atoms in total. The Morgan fingerprint density at radius 2 is 1.89 bits per heavy atom. The van der Waals surface area contributed by atoms with Crippen LogP contribution in [0.25, 0.3) is 0 Å². The molecule has 1 saturated heterocycles. The number of hydrogen-bond donors (Lipinski definition) is 0. The number of rotatable bonds is 5. The predicted molar refractivity (Wildman–Crippen MR) is 72.1 cm³/mol. The van der Waals surface area contributed by atoms with Crippen LogP contribution in [0.4, 0.5) is 0 Å². The maximum absolute atomic E-state index is 12.3. The van der Waals surface area contributed by atoms with Crippen molar-refractivity contribution in [1.29, 1.82) is 0 Å². The van der Waals surface area contributed by atoms with Crippen LogP contribution in [0.15, 0.2) is 0 Å². The second kappa shape index (κ2) is 6.22. The minimum atomic E-state index is -3.20. The number of nitrogens with zero attached hydrogens (tertiary/aromatic N) is 1. The standard InChI is InChI=1S/C13H23NO4S/c1-18-13(15)6-3-7-19(16,17)14-9-11-4-2-5-12(8-11)10-14/h11-12H,2-10H2,1H3. The van der Waals surface area contributed by atoms with Gasteiger partial charge in [-0.2, -0.15) is 0 Å². The van der Waals surface area contributed by atoms with E-state index >= 15 is 0 Å². The van der Waals surface area contributed by atoms with Crippen LogP contribution in [-0.2, 0) is 19.6 Å². The molecule has 1 saturated carbocycles. The zero-order valence-corrected chi connectivity index (χ0v) is 12.3. The number of ether oxygens (including phenoxy) is 1. The van der Waals surface area contributed by atoms with Gasteiger partial charge in [0.25, 0.3) is 0 Å². The molecular formula is C13H23NO4S. The highest BCUT2D eigenvalue weighted by atomic mass is 32.2. The van der Waals surface area contributed by atoms with Crippen LogP contribution in [0.3, 0.4) is 0 Å². The molecule has 19 heavy (non-hydrogen) atoms. The van der Waals surface area contributed by atoms with E-state index in [1.165, 1.54) is 20.0 Å². The zero-order valence-electron chi connectivity index (χ0n) is 11.5. The van der Waals surface area contributed by atoms with Gasteiger partial charge in [-0.1, -0.05) is 6.42 Å². The van der Waals surface area contributed by atoms with Gasteiger partial charge in [-0.15, -0.1) is 0 Å². The fraction of sp³-hybridized carbons (Fsp3) is 0.923. The van der Waals surface area contributed by atoms with Crippen LogP contribution < -0.4 is 0 Å². The molecule has 1 aliphatic carbocycles. The van der Waals surface area contributed by atoms with Gasteiger partial charge in [-0.25, -0.2) is 12.7 Å². The first-order chi connectivity index (χ1) is 9.01. The molecule has 2 atom stereocenters. The molecule has 2 bridgehead atoms. The van der Waals surface area contributed by atoms with E-state index in [0.717, 1.165) is 12.8 Å². The number of esters is 1. The SMILES string of the molecule is COC(=O)CCCS(=O)(=O)N1CC2CCCC(C2)C1. The Hall–Kier alpha value is -0.620. The second-order valence-corrected chi connectivity index (χ2v) is 7.80. The third kappa shape index (κ3) is 3.92. The topological polar surface area (TPSA) is 63.7 Å². The van der Waals surface area contributed by atoms with Gasteiger partial charge in [0.15, 0.2) is 0 Å². The van der Waals surface area contributed by atoms with Gasteiger partial charge in [0.05, 0.1) is 12.9 Å². The first kappa shape index (κ1) is 14.8. The minimum Gasteiger partial charge on any atom is -0.469 e. The van der Waals surface area contributed by atoms with Crippen LogP contribution in [0.5, 0.6) is 0 Å². The van der Waals surface area contributed by atoms with E-state index in [9.17, 15) is 13.2 Å². The molecule has 2 unspecified atom stereocenters. The van der Waals surface area contributed by atoms with Gasteiger partial charge in [0.2, 0.25) is 10.0 Å². The summed E-state index contributed by atoms with van der Waals surface area (Å²) in [6.07, 6.45) is 5.27. The number of carbonyl (C=O) groups is 1. The Labute approximate surface area is 115 Å². The first-order valence-corrected chi connectivity index (χ1v) is 8.67. The molecule has 0 radical (unpaired) electrons. The molecule has 0 amide bonds. The smallest absolute Gasteiger partial charge is 0.305 e. The molecule has 1 aliphatic heterocycles. The summed E-state index contributed by atoms with van der Waals surface area (Å²) >= 11 is 0. The third-order valence-corrected chi connectivity index (χ3v) is 6.11. The molecule has 1 heterocycles. The number of methoxy groups -OCH3 is 1. The molecule has 0 spiro atoms. The highest BCUT2D eigenvalue weighted by molar-refractivity contribution is 7.89. The maximum Gasteiger partial charge on any atom is 0.305 e. The summed E-state index contributed by atoms with van der Waals surface area (Å²) in [6, 6.07) is 0. The van der Waals surface area contributed by atoms with Crippen molar-refractivity contribution in [3.05, 3.63) is 0 Å². The van der Waals surface area contributed by atoms with Crippen LogP contribution in [0.1, 0.15) is 38.5 Å². The highest BCUT2D eigenvalue weighted by Gasteiger charge is 2.35. The molecule has 2 aliphatic rings. The lowest BCUT2D eigenvalue weighted by Gasteiger charge is -2.40. The van der Waals surface area contributed by atoms with Crippen molar-refractivity contribution in [3.63, 3.8) is 0 Å². The number of hydrogen-bond acceptors (Lipinski definition) is 4. The Balaban J connectivity index is 1.87. The van der Waals surface area contributed by atoms with Gasteiger partial charge in [0.1, 0.15) is 0 Å². The van der Waals surface area contributed by atoms with Crippen LogP contribution >= 0.6 is 0 Å². The normalized spacial score (nSPS) is 28.1. The van der Waals surface area contributed by atoms with E-state index in [0.29, 0.717) is 31.3 Å². The summed E-state index contributed by atoms with van der Waals surface area (Å²) in [5.74, 6) is 0.804. The monoisotopic (exact) mass is 289 g/mol. The average Bonchev–Trinajstić information content (AvgIpc) is 2.37. The van der Waals surface area contributed by atoms with Gasteiger partial charge < -0.3 is 4.74 Å². The van der Waals surface area contributed by atoms with Gasteiger partial charge in [0, 0.05) is 19.5 Å². The fourth-order valence-electron chi connectivity index (χ4n) is 3.24. The van der Waals surface area contributed by atoms with Crippen LogP contribution in [-0.4, -0.2) is 44.6 Å². The van der Waals surface area contributed by atoms with E-state index in [1.807, 2.05) is 0 Å². The van der Waals surface area contributed by atoms with E-state index in [2.05, 4.69) is 4.74 Å². The lowest BCUT2D eigenvalue weighted by atomic mass is 9.79. The van der Waals surface area contributed by atoms with E-state index < -0.39 is 10.0 Å². The molecule has 2 rings (SSSR count). The van der Waals surface area contributed by atoms with Crippen LogP contribution in [0.2, 0.25) is 0 Å². The van der Waals surface area contributed by atoms with Gasteiger partial charge >= 0.3 is 5.97 Å². The molecular weight excluding hydrogens is 266 g/mol. The van der Waals surface area contributed by atoms with Gasteiger partial charge in [-0.3, -0.25) is 4.79 Å². The number of piperidine rings is 1. The van der Waals surface area contributed by atoms with Gasteiger partial charge in [-0.05, 0) is 37.5 Å². The Kier molecular flexibility index (Phi) is 4.84. The largest absolute Gasteiger partial charge is 0.469 e. The quantitative estimate of drug-likeness (QED) is 0.718. The third-order valence-electron chi connectivity index (χ3n) is 4.22. The van der Waals surface area contributed by atoms with Crippen molar-refractivity contribution in [3.8, 4) is 0 Å². The summed E-state index contributed by atoms with van der Waals surface area (Å²) in [7, 11) is -1.88. The first-order valence-electron chi connectivity index (χ1n) is 7.06. The highest BCUT2D eigenvalue weighted by Crippen LogP contribution is 2.35. The van der Waals surface area contributed by atoms with Crippen LogP contribution in [0, 0.1) is 11.8 Å². The molecule has 0 aromatic rings. The van der Waals surface area contributed by atoms with E-state index in [-0.39, 0.29) is 18.1 Å². The van der Waals surface area contributed by atoms with E-state index in [4.69, 9.17) is 0 Å². The summed E-state index contributed by atoms with van der Waals surface area (Å²) in [5, 5.41) is 0. The lowest BCUT2D eigenvalue weighted by molar-refractivity contribution is -0.140. The fourth-order valence-corrected chi connectivity index (χ4v) is 4.88. The predicted octanol–water partition coefficient (Wildman–Crippen LogP) is 1.39. The molecule has 110 valence electrons. The molecule has 0 aromatic heterocycles. The molecule has 2 fully saturated rings. The number of fused-ring (bicyclic) bond motifs is 2.